The number of anilines is 1. The Kier molecular flexibility index (Phi) is 6.82. The number of piperidine rings is 1. The Labute approximate surface area is 218 Å². The van der Waals surface area contributed by atoms with Crippen molar-refractivity contribution in [3.63, 3.8) is 0 Å². The Hall–Kier alpha value is -2.86. The average molecular weight is 512 g/mol. The molecule has 1 aromatic rings. The van der Waals surface area contributed by atoms with E-state index in [9.17, 15) is 14.9 Å². The van der Waals surface area contributed by atoms with Crippen LogP contribution in [0, 0.1) is 23.1 Å². The van der Waals surface area contributed by atoms with Crippen molar-refractivity contribution in [1.82, 2.24) is 15.1 Å². The minimum Gasteiger partial charge on any atom is -0.444 e. The van der Waals surface area contributed by atoms with Crippen LogP contribution in [-0.4, -0.2) is 77.7 Å². The summed E-state index contributed by atoms with van der Waals surface area (Å²) in [5, 5.41) is 12.6. The van der Waals surface area contributed by atoms with Gasteiger partial charge in [0.15, 0.2) is 0 Å². The van der Waals surface area contributed by atoms with Gasteiger partial charge in [-0.3, -0.25) is 9.69 Å². The highest BCUT2D eigenvalue weighted by atomic mass is 19.1. The van der Waals surface area contributed by atoms with Crippen LogP contribution in [0.3, 0.4) is 0 Å². The highest BCUT2D eigenvalue weighted by Gasteiger charge is 2.52. The molecule has 4 aliphatic rings. The SMILES string of the molecule is CN1CC2CCC(C1)N2c1ccc(C[C@@H](C#N)NC(=O)[C@@H]2[C@H]3CC[C@H](C3)N2C(=O)OC(C)(C)C)c(F)c1. The Morgan fingerprint density at radius 3 is 2.46 bits per heavy atom. The second-order valence-electron chi connectivity index (χ2n) is 12.2. The van der Waals surface area contributed by atoms with E-state index in [0.717, 1.165) is 50.9 Å². The van der Waals surface area contributed by atoms with Gasteiger partial charge in [-0.2, -0.15) is 5.26 Å². The number of hydrogen-bond acceptors (Lipinski definition) is 6. The third-order valence-corrected chi connectivity index (χ3v) is 8.35. The van der Waals surface area contributed by atoms with Crippen molar-refractivity contribution in [3.8, 4) is 6.07 Å². The van der Waals surface area contributed by atoms with Gasteiger partial charge in [-0.1, -0.05) is 6.07 Å². The monoisotopic (exact) mass is 511 g/mol. The van der Waals surface area contributed by atoms with Gasteiger partial charge in [-0.05, 0) is 83.5 Å². The molecule has 4 bridgehead atoms. The molecule has 3 saturated heterocycles. The minimum absolute atomic E-state index is 0.0222. The molecule has 5 rings (SSSR count). The van der Waals surface area contributed by atoms with Gasteiger partial charge in [0.1, 0.15) is 23.5 Å². The van der Waals surface area contributed by atoms with E-state index < -0.39 is 23.8 Å². The molecule has 1 aliphatic carbocycles. The lowest BCUT2D eigenvalue weighted by Gasteiger charge is -2.41. The fourth-order valence-corrected chi connectivity index (χ4v) is 6.91. The Morgan fingerprint density at radius 2 is 1.84 bits per heavy atom. The van der Waals surface area contributed by atoms with Crippen LogP contribution >= 0.6 is 0 Å². The molecule has 1 saturated carbocycles. The van der Waals surface area contributed by atoms with Gasteiger partial charge in [-0.15, -0.1) is 0 Å². The standard InChI is InChI=1S/C28H38FN5O3/c1-28(2,3)37-27(36)34-20-8-6-18(12-20)25(34)26(35)31-19(14-30)11-17-5-7-21(13-24(17)29)33-22-9-10-23(33)16-32(4)15-22/h5,7,13,18-20,22-23,25H,6,8-12,15-16H2,1-4H3,(H,31,35)/t18-,19-,20+,22?,23?,25-/m0/s1. The van der Waals surface area contributed by atoms with E-state index in [1.54, 1.807) is 37.8 Å². The van der Waals surface area contributed by atoms with Crippen LogP contribution in [0.5, 0.6) is 0 Å². The van der Waals surface area contributed by atoms with Gasteiger partial charge in [0.05, 0.1) is 6.07 Å². The van der Waals surface area contributed by atoms with E-state index in [4.69, 9.17) is 4.74 Å². The van der Waals surface area contributed by atoms with E-state index in [1.807, 2.05) is 6.07 Å². The molecule has 1 N–H and O–H groups in total. The zero-order valence-electron chi connectivity index (χ0n) is 22.2. The number of rotatable bonds is 5. The summed E-state index contributed by atoms with van der Waals surface area (Å²) < 4.78 is 20.8. The van der Waals surface area contributed by atoms with E-state index in [1.165, 1.54) is 0 Å². The molecule has 8 nitrogen and oxygen atoms in total. The van der Waals surface area contributed by atoms with E-state index in [-0.39, 0.29) is 30.1 Å². The maximum Gasteiger partial charge on any atom is 0.411 e. The number of nitriles is 1. The van der Waals surface area contributed by atoms with Crippen molar-refractivity contribution in [3.05, 3.63) is 29.6 Å². The van der Waals surface area contributed by atoms with Crippen LogP contribution in [0.1, 0.15) is 58.4 Å². The molecule has 0 radical (unpaired) electrons. The summed E-state index contributed by atoms with van der Waals surface area (Å²) in [6.45, 7) is 7.36. The first-order chi connectivity index (χ1) is 17.5. The van der Waals surface area contributed by atoms with Gasteiger partial charge in [-0.25, -0.2) is 9.18 Å². The third kappa shape index (κ3) is 5.13. The van der Waals surface area contributed by atoms with Crippen LogP contribution in [0.25, 0.3) is 0 Å². The first-order valence-corrected chi connectivity index (χ1v) is 13.5. The number of piperazine rings is 1. The van der Waals surface area contributed by atoms with Crippen LogP contribution < -0.4 is 10.2 Å². The highest BCUT2D eigenvalue weighted by Crippen LogP contribution is 2.43. The summed E-state index contributed by atoms with van der Waals surface area (Å²) in [4.78, 5) is 32.4. The molecule has 3 aliphatic heterocycles. The first kappa shape index (κ1) is 25.8. The summed E-state index contributed by atoms with van der Waals surface area (Å²) in [5.41, 5.74) is 0.617. The maximum atomic E-state index is 15.2. The number of carbonyl (C=O) groups is 2. The summed E-state index contributed by atoms with van der Waals surface area (Å²) in [6, 6.07) is 6.58. The van der Waals surface area contributed by atoms with Crippen molar-refractivity contribution in [2.75, 3.05) is 25.0 Å². The van der Waals surface area contributed by atoms with E-state index >= 15 is 4.39 Å². The number of fused-ring (bicyclic) bond motifs is 4. The van der Waals surface area contributed by atoms with Gasteiger partial charge in [0.25, 0.3) is 0 Å². The number of hydrogen-bond donors (Lipinski definition) is 1. The number of likely N-dealkylation sites (tertiary alicyclic amines) is 2. The highest BCUT2D eigenvalue weighted by molar-refractivity contribution is 5.87. The third-order valence-electron chi connectivity index (χ3n) is 8.35. The quantitative estimate of drug-likeness (QED) is 0.652. The maximum absolute atomic E-state index is 15.2. The number of ether oxygens (including phenoxy) is 1. The first-order valence-electron chi connectivity index (χ1n) is 13.5. The van der Waals surface area contributed by atoms with Crippen LogP contribution in [0.15, 0.2) is 18.2 Å². The molecule has 0 spiro atoms. The molecule has 0 aromatic heterocycles. The largest absolute Gasteiger partial charge is 0.444 e. The zero-order chi connectivity index (χ0) is 26.5. The number of benzene rings is 1. The number of amides is 2. The predicted molar refractivity (Wildman–Crippen MR) is 137 cm³/mol. The summed E-state index contributed by atoms with van der Waals surface area (Å²) in [5.74, 6) is -0.678. The second kappa shape index (κ2) is 9.79. The summed E-state index contributed by atoms with van der Waals surface area (Å²) in [6.07, 6.45) is 4.28. The van der Waals surface area contributed by atoms with Crippen LogP contribution in [0.2, 0.25) is 0 Å². The normalized spacial score (nSPS) is 29.8. The van der Waals surface area contributed by atoms with Crippen molar-refractivity contribution in [2.45, 2.75) is 95.1 Å². The topological polar surface area (TPSA) is 88.9 Å². The Morgan fingerprint density at radius 1 is 1.16 bits per heavy atom. The number of likely N-dealkylation sites (N-methyl/N-ethyl adjacent to an activating group) is 1. The van der Waals surface area contributed by atoms with Crippen LogP contribution in [0.4, 0.5) is 14.9 Å². The smallest absolute Gasteiger partial charge is 0.411 e. The molecular weight excluding hydrogens is 473 g/mol. The Balaban J connectivity index is 1.25. The lowest BCUT2D eigenvalue weighted by molar-refractivity contribution is -0.128. The summed E-state index contributed by atoms with van der Waals surface area (Å²) in [7, 11) is 2.13. The van der Waals surface area contributed by atoms with Gasteiger partial charge < -0.3 is 19.9 Å². The van der Waals surface area contributed by atoms with Crippen LogP contribution in [-0.2, 0) is 16.0 Å². The van der Waals surface area contributed by atoms with E-state index in [0.29, 0.717) is 17.6 Å². The van der Waals surface area contributed by atoms with E-state index in [2.05, 4.69) is 28.2 Å². The van der Waals surface area contributed by atoms with Gasteiger partial charge >= 0.3 is 6.09 Å². The lowest BCUT2D eigenvalue weighted by atomic mass is 9.97. The zero-order valence-corrected chi connectivity index (χ0v) is 22.2. The molecule has 2 amide bonds. The molecule has 200 valence electrons. The number of nitrogens with zero attached hydrogens (tertiary/aromatic N) is 4. The fraction of sp³-hybridized carbons (Fsp3) is 0.679. The Bertz CT molecular complexity index is 1080. The fourth-order valence-electron chi connectivity index (χ4n) is 6.91. The minimum atomic E-state index is -0.896. The van der Waals surface area contributed by atoms with Gasteiger partial charge in [0, 0.05) is 43.3 Å². The average Bonchev–Trinajstić information content (AvgIpc) is 3.50. The summed E-state index contributed by atoms with van der Waals surface area (Å²) >= 11 is 0. The molecule has 9 heteroatoms. The number of carbonyl (C=O) groups excluding carboxylic acids is 2. The molecule has 1 aromatic carbocycles. The number of halogens is 1. The molecule has 6 atom stereocenters. The molecule has 37 heavy (non-hydrogen) atoms. The lowest BCUT2D eigenvalue weighted by Crippen LogP contribution is -2.55. The predicted octanol–water partition coefficient (Wildman–Crippen LogP) is 3.45. The molecule has 4 fully saturated rings. The van der Waals surface area contributed by atoms with Crippen molar-refractivity contribution < 1.29 is 18.7 Å². The molecular formula is C28H38FN5O3. The van der Waals surface area contributed by atoms with Crippen molar-refractivity contribution in [2.24, 2.45) is 5.92 Å². The van der Waals surface area contributed by atoms with Crippen molar-refractivity contribution >= 4 is 17.7 Å². The van der Waals surface area contributed by atoms with Gasteiger partial charge in [0.2, 0.25) is 5.91 Å². The second-order valence-corrected chi connectivity index (χ2v) is 12.2. The van der Waals surface area contributed by atoms with Crippen molar-refractivity contribution in [1.29, 1.82) is 5.26 Å². The molecule has 2 unspecified atom stereocenters. The molecule has 3 heterocycles. The number of nitrogens with one attached hydrogen (secondary N) is 1.